The van der Waals surface area contributed by atoms with Gasteiger partial charge in [-0.05, 0) is 18.9 Å². The van der Waals surface area contributed by atoms with E-state index in [1.54, 1.807) is 7.05 Å². The van der Waals surface area contributed by atoms with Gasteiger partial charge in [-0.1, -0.05) is 19.8 Å². The number of unbranched alkanes of at least 4 members (excludes halogenated alkanes) is 2. The van der Waals surface area contributed by atoms with Crippen molar-refractivity contribution in [3.63, 3.8) is 0 Å². The van der Waals surface area contributed by atoms with Gasteiger partial charge in [-0.2, -0.15) is 0 Å². The van der Waals surface area contributed by atoms with Gasteiger partial charge in [0.2, 0.25) is 0 Å². The number of nitro benzene ring substituents is 1. The number of rotatable bonds is 6. The van der Waals surface area contributed by atoms with E-state index < -0.39 is 16.6 Å². The Morgan fingerprint density at radius 2 is 2.05 bits per heavy atom. The largest absolute Gasteiger partial charge is 0.342 e. The van der Waals surface area contributed by atoms with Crippen molar-refractivity contribution in [3.8, 4) is 0 Å². The number of hydrogen-bond donors (Lipinski definition) is 0. The Labute approximate surface area is 117 Å². The summed E-state index contributed by atoms with van der Waals surface area (Å²) in [7, 11) is 1.58. The first-order chi connectivity index (χ1) is 9.38. The number of nitrogens with zero attached hydrogens (tertiary/aromatic N) is 2. The lowest BCUT2D eigenvalue weighted by atomic mass is 10.1. The van der Waals surface area contributed by atoms with E-state index in [2.05, 4.69) is 0 Å². The molecule has 0 aliphatic rings. The summed E-state index contributed by atoms with van der Waals surface area (Å²) in [4.78, 5) is 23.7. The second-order valence-corrected chi connectivity index (χ2v) is 4.82. The Balaban J connectivity index is 2.99. The van der Waals surface area contributed by atoms with Crippen LogP contribution in [0.3, 0.4) is 0 Å². The van der Waals surface area contributed by atoms with E-state index in [0.717, 1.165) is 31.4 Å². The van der Waals surface area contributed by atoms with Crippen LogP contribution in [0.15, 0.2) is 12.1 Å². The molecule has 0 N–H and O–H groups in total. The molecule has 1 rings (SSSR count). The molecule has 1 amide bonds. The maximum absolute atomic E-state index is 14.0. The molecule has 20 heavy (non-hydrogen) atoms. The highest BCUT2D eigenvalue weighted by molar-refractivity contribution is 5.95. The first-order valence-electron chi connectivity index (χ1n) is 6.58. The standard InChI is InChI=1S/C14H19FN2O3/c1-4-5-6-7-16(3)14(18)12-9-11(17(19)20)8-10(2)13(12)15/h8-9H,4-7H2,1-3H3. The molecule has 0 bridgehead atoms. The SMILES string of the molecule is CCCCCN(C)C(=O)c1cc([N+](=O)[O-])cc(C)c1F. The van der Waals surface area contributed by atoms with Crippen molar-refractivity contribution in [2.45, 2.75) is 33.1 Å². The molecule has 0 aliphatic heterocycles. The summed E-state index contributed by atoms with van der Waals surface area (Å²) in [6, 6.07) is 2.13. The van der Waals surface area contributed by atoms with Gasteiger partial charge in [0.15, 0.2) is 0 Å². The molecule has 0 saturated heterocycles. The van der Waals surface area contributed by atoms with Gasteiger partial charge in [0, 0.05) is 25.7 Å². The fourth-order valence-electron chi connectivity index (χ4n) is 1.92. The van der Waals surface area contributed by atoms with Crippen LogP contribution in [0.25, 0.3) is 0 Å². The summed E-state index contributed by atoms with van der Waals surface area (Å²) in [6.07, 6.45) is 2.83. The topological polar surface area (TPSA) is 63.5 Å². The summed E-state index contributed by atoms with van der Waals surface area (Å²) in [5.74, 6) is -1.21. The molecule has 0 atom stereocenters. The number of aryl methyl sites for hydroxylation is 1. The van der Waals surface area contributed by atoms with Crippen molar-refractivity contribution in [1.29, 1.82) is 0 Å². The van der Waals surface area contributed by atoms with Gasteiger partial charge in [0.05, 0.1) is 10.5 Å². The second kappa shape index (κ2) is 6.98. The van der Waals surface area contributed by atoms with Crippen LogP contribution in [0.4, 0.5) is 10.1 Å². The monoisotopic (exact) mass is 282 g/mol. The Morgan fingerprint density at radius 3 is 2.60 bits per heavy atom. The molecule has 1 aromatic carbocycles. The predicted octanol–water partition coefficient (Wildman–Crippen LogP) is 3.30. The van der Waals surface area contributed by atoms with Crippen LogP contribution in [0.2, 0.25) is 0 Å². The average Bonchev–Trinajstić information content (AvgIpc) is 2.40. The molecular formula is C14H19FN2O3. The average molecular weight is 282 g/mol. The van der Waals surface area contributed by atoms with E-state index in [1.165, 1.54) is 11.8 Å². The van der Waals surface area contributed by atoms with Gasteiger partial charge < -0.3 is 4.90 Å². The smallest absolute Gasteiger partial charge is 0.270 e. The lowest BCUT2D eigenvalue weighted by Crippen LogP contribution is -2.28. The van der Waals surface area contributed by atoms with E-state index in [0.29, 0.717) is 6.54 Å². The first kappa shape index (κ1) is 16.1. The molecule has 1 aromatic rings. The van der Waals surface area contributed by atoms with Gasteiger partial charge in [0.25, 0.3) is 11.6 Å². The Morgan fingerprint density at radius 1 is 1.40 bits per heavy atom. The third kappa shape index (κ3) is 3.76. The number of carbonyl (C=O) groups excluding carboxylic acids is 1. The van der Waals surface area contributed by atoms with Gasteiger partial charge in [-0.3, -0.25) is 14.9 Å². The van der Waals surface area contributed by atoms with E-state index in [9.17, 15) is 19.3 Å². The molecule has 6 heteroatoms. The lowest BCUT2D eigenvalue weighted by Gasteiger charge is -2.17. The zero-order valence-electron chi connectivity index (χ0n) is 12.0. The first-order valence-corrected chi connectivity index (χ1v) is 6.58. The molecular weight excluding hydrogens is 263 g/mol. The number of carbonyl (C=O) groups is 1. The molecule has 0 radical (unpaired) electrons. The molecule has 0 fully saturated rings. The second-order valence-electron chi connectivity index (χ2n) is 4.82. The van der Waals surface area contributed by atoms with E-state index in [4.69, 9.17) is 0 Å². The number of non-ortho nitro benzene ring substituents is 1. The summed E-state index contributed by atoms with van der Waals surface area (Å²) in [5.41, 5.74) is -0.408. The van der Waals surface area contributed by atoms with Crippen molar-refractivity contribution in [1.82, 2.24) is 4.90 Å². The molecule has 0 saturated carbocycles. The Bertz CT molecular complexity index is 517. The molecule has 0 heterocycles. The minimum Gasteiger partial charge on any atom is -0.342 e. The van der Waals surface area contributed by atoms with Gasteiger partial charge in [-0.15, -0.1) is 0 Å². The maximum atomic E-state index is 14.0. The van der Waals surface area contributed by atoms with E-state index in [-0.39, 0.29) is 16.8 Å². The summed E-state index contributed by atoms with van der Waals surface area (Å²) >= 11 is 0. The number of halogens is 1. The van der Waals surface area contributed by atoms with Crippen LogP contribution in [-0.2, 0) is 0 Å². The molecule has 0 aromatic heterocycles. The third-order valence-electron chi connectivity index (χ3n) is 3.12. The van der Waals surface area contributed by atoms with Crippen LogP contribution >= 0.6 is 0 Å². The molecule has 0 spiro atoms. The Hall–Kier alpha value is -1.98. The predicted molar refractivity (Wildman–Crippen MR) is 74.3 cm³/mol. The van der Waals surface area contributed by atoms with Gasteiger partial charge in [0.1, 0.15) is 5.82 Å². The summed E-state index contributed by atoms with van der Waals surface area (Å²) in [5, 5.41) is 10.8. The fraction of sp³-hybridized carbons (Fsp3) is 0.500. The molecule has 0 aliphatic carbocycles. The molecule has 5 nitrogen and oxygen atoms in total. The van der Waals surface area contributed by atoms with Crippen LogP contribution in [0, 0.1) is 22.9 Å². The van der Waals surface area contributed by atoms with Crippen LogP contribution in [-0.4, -0.2) is 29.3 Å². The summed E-state index contributed by atoms with van der Waals surface area (Å²) < 4.78 is 14.0. The minimum atomic E-state index is -0.692. The fourth-order valence-corrected chi connectivity index (χ4v) is 1.92. The highest BCUT2D eigenvalue weighted by Gasteiger charge is 2.21. The minimum absolute atomic E-state index is 0.101. The number of hydrogen-bond acceptors (Lipinski definition) is 3. The van der Waals surface area contributed by atoms with Gasteiger partial charge >= 0.3 is 0 Å². The van der Waals surface area contributed by atoms with E-state index in [1.807, 2.05) is 6.92 Å². The maximum Gasteiger partial charge on any atom is 0.270 e. The van der Waals surface area contributed by atoms with Crippen LogP contribution in [0.5, 0.6) is 0 Å². The van der Waals surface area contributed by atoms with Crippen LogP contribution in [0.1, 0.15) is 42.1 Å². The number of nitro groups is 1. The zero-order valence-corrected chi connectivity index (χ0v) is 12.0. The molecule has 110 valence electrons. The Kier molecular flexibility index (Phi) is 5.61. The van der Waals surface area contributed by atoms with Crippen LogP contribution < -0.4 is 0 Å². The number of benzene rings is 1. The van der Waals surface area contributed by atoms with Crippen molar-refractivity contribution >= 4 is 11.6 Å². The normalized spacial score (nSPS) is 10.4. The third-order valence-corrected chi connectivity index (χ3v) is 3.12. The zero-order chi connectivity index (χ0) is 15.3. The van der Waals surface area contributed by atoms with Crippen molar-refractivity contribution in [2.24, 2.45) is 0 Å². The quantitative estimate of drug-likeness (QED) is 0.457. The molecule has 0 unspecified atom stereocenters. The highest BCUT2D eigenvalue weighted by atomic mass is 19.1. The van der Waals surface area contributed by atoms with Crippen molar-refractivity contribution in [3.05, 3.63) is 39.2 Å². The highest BCUT2D eigenvalue weighted by Crippen LogP contribution is 2.22. The van der Waals surface area contributed by atoms with Gasteiger partial charge in [-0.25, -0.2) is 4.39 Å². The summed E-state index contributed by atoms with van der Waals surface area (Å²) in [6.45, 7) is 3.97. The van der Waals surface area contributed by atoms with Crippen molar-refractivity contribution < 1.29 is 14.1 Å². The number of amides is 1. The van der Waals surface area contributed by atoms with E-state index >= 15 is 0 Å². The van der Waals surface area contributed by atoms with Crippen molar-refractivity contribution in [2.75, 3.05) is 13.6 Å². The lowest BCUT2D eigenvalue weighted by molar-refractivity contribution is -0.385.